The Morgan fingerprint density at radius 1 is 1.09 bits per heavy atom. The Bertz CT molecular complexity index is 1210. The molecule has 1 amide bonds. The lowest BCUT2D eigenvalue weighted by molar-refractivity contribution is -0.119. The van der Waals surface area contributed by atoms with Crippen LogP contribution in [0.5, 0.6) is 5.75 Å². The first kappa shape index (κ1) is 21.9. The summed E-state index contributed by atoms with van der Waals surface area (Å²) in [5.74, 6) is 2.42. The summed E-state index contributed by atoms with van der Waals surface area (Å²) >= 11 is 1.44. The van der Waals surface area contributed by atoms with Crippen LogP contribution in [0.25, 0.3) is 22.2 Å². The summed E-state index contributed by atoms with van der Waals surface area (Å²) in [6.07, 6.45) is 0. The fourth-order valence-corrected chi connectivity index (χ4v) is 4.09. The van der Waals surface area contributed by atoms with Crippen LogP contribution in [-0.2, 0) is 10.5 Å². The van der Waals surface area contributed by atoms with Crippen molar-refractivity contribution >= 4 is 28.4 Å². The molecular formula is C25H25N3O3S. The maximum atomic E-state index is 12.4. The van der Waals surface area contributed by atoms with E-state index in [1.54, 1.807) is 0 Å². The number of para-hydroxylation sites is 1. The van der Waals surface area contributed by atoms with E-state index in [1.165, 1.54) is 22.5 Å². The highest BCUT2D eigenvalue weighted by molar-refractivity contribution is 7.99. The van der Waals surface area contributed by atoms with Gasteiger partial charge in [0, 0.05) is 0 Å². The third kappa shape index (κ3) is 5.29. The lowest BCUT2D eigenvalue weighted by Gasteiger charge is -2.15. The van der Waals surface area contributed by atoms with Crippen molar-refractivity contribution in [2.75, 3.05) is 12.4 Å². The molecule has 6 nitrogen and oxygen atoms in total. The number of carbonyl (C=O) groups is 1. The second-order valence-corrected chi connectivity index (χ2v) is 8.32. The number of hydrogen-bond donors (Lipinski definition) is 1. The van der Waals surface area contributed by atoms with Gasteiger partial charge in [0.15, 0.2) is 0 Å². The molecule has 4 aromatic rings. The zero-order valence-electron chi connectivity index (χ0n) is 18.1. The predicted molar refractivity (Wildman–Crippen MR) is 128 cm³/mol. The number of nitrogens with one attached hydrogen (secondary N) is 1. The molecule has 0 aliphatic carbocycles. The standard InChI is InChI=1S/C25H25N3O3S/c1-3-30-22-11-7-6-10-21(22)25-27-24(31-28-25)16-32-15-23(29)26-17(2)19-13-12-18-8-4-5-9-20(18)14-19/h4-14,17H,3,15-16H2,1-2H3,(H,26,29)/t17-/m1/s1. The summed E-state index contributed by atoms with van der Waals surface area (Å²) in [7, 11) is 0. The van der Waals surface area contributed by atoms with Gasteiger partial charge in [0.2, 0.25) is 17.6 Å². The Balaban J connectivity index is 1.29. The first-order chi connectivity index (χ1) is 15.6. The number of thioether (sulfide) groups is 1. The van der Waals surface area contributed by atoms with E-state index in [-0.39, 0.29) is 11.9 Å². The van der Waals surface area contributed by atoms with E-state index in [9.17, 15) is 4.79 Å². The molecule has 0 saturated carbocycles. The van der Waals surface area contributed by atoms with Crippen molar-refractivity contribution in [3.05, 3.63) is 78.2 Å². The second kappa shape index (κ2) is 10.3. The van der Waals surface area contributed by atoms with Crippen LogP contribution < -0.4 is 10.1 Å². The molecule has 0 fully saturated rings. The first-order valence-corrected chi connectivity index (χ1v) is 11.7. The Morgan fingerprint density at radius 3 is 2.72 bits per heavy atom. The molecule has 7 heteroatoms. The van der Waals surface area contributed by atoms with Gasteiger partial charge < -0.3 is 14.6 Å². The molecule has 1 N–H and O–H groups in total. The highest BCUT2D eigenvalue weighted by atomic mass is 32.2. The number of nitrogens with zero attached hydrogens (tertiary/aromatic N) is 2. The quantitative estimate of drug-likeness (QED) is 0.370. The van der Waals surface area contributed by atoms with Crippen molar-refractivity contribution in [2.45, 2.75) is 25.6 Å². The van der Waals surface area contributed by atoms with Crippen molar-refractivity contribution < 1.29 is 14.1 Å². The molecule has 0 saturated heterocycles. The molecular weight excluding hydrogens is 422 g/mol. The van der Waals surface area contributed by atoms with Crippen molar-refractivity contribution in [2.24, 2.45) is 0 Å². The van der Waals surface area contributed by atoms with Crippen LogP contribution in [0.3, 0.4) is 0 Å². The summed E-state index contributed by atoms with van der Waals surface area (Å²) < 4.78 is 11.0. The number of hydrogen-bond acceptors (Lipinski definition) is 6. The predicted octanol–water partition coefficient (Wildman–Crippen LogP) is 5.40. The van der Waals surface area contributed by atoms with Crippen LogP contribution in [0.15, 0.2) is 71.3 Å². The van der Waals surface area contributed by atoms with E-state index in [1.807, 2.05) is 50.2 Å². The maximum Gasteiger partial charge on any atom is 0.236 e. The Kier molecular flexibility index (Phi) is 7.07. The van der Waals surface area contributed by atoms with Gasteiger partial charge in [-0.1, -0.05) is 53.7 Å². The van der Waals surface area contributed by atoms with Gasteiger partial charge in [-0.2, -0.15) is 4.98 Å². The summed E-state index contributed by atoms with van der Waals surface area (Å²) in [6.45, 7) is 4.48. The van der Waals surface area contributed by atoms with Gasteiger partial charge in [0.1, 0.15) is 5.75 Å². The van der Waals surface area contributed by atoms with Crippen molar-refractivity contribution in [3.8, 4) is 17.1 Å². The largest absolute Gasteiger partial charge is 0.493 e. The third-order valence-corrected chi connectivity index (χ3v) is 5.92. The molecule has 0 aliphatic rings. The van der Waals surface area contributed by atoms with E-state index in [2.05, 4.69) is 45.8 Å². The topological polar surface area (TPSA) is 77.2 Å². The molecule has 164 valence electrons. The molecule has 0 aliphatic heterocycles. The molecule has 1 heterocycles. The second-order valence-electron chi connectivity index (χ2n) is 7.33. The van der Waals surface area contributed by atoms with Gasteiger partial charge >= 0.3 is 0 Å². The zero-order chi connectivity index (χ0) is 22.3. The van der Waals surface area contributed by atoms with Crippen LogP contribution in [0.2, 0.25) is 0 Å². The van der Waals surface area contributed by atoms with Crippen LogP contribution in [0.1, 0.15) is 31.3 Å². The zero-order valence-corrected chi connectivity index (χ0v) is 18.9. The Morgan fingerprint density at radius 2 is 1.88 bits per heavy atom. The van der Waals surface area contributed by atoms with E-state index in [0.29, 0.717) is 29.8 Å². The molecule has 0 radical (unpaired) electrons. The van der Waals surface area contributed by atoms with Crippen molar-refractivity contribution in [1.82, 2.24) is 15.5 Å². The Hall–Kier alpha value is -3.32. The van der Waals surface area contributed by atoms with Crippen LogP contribution >= 0.6 is 11.8 Å². The average molecular weight is 448 g/mol. The minimum absolute atomic E-state index is 0.0305. The van der Waals surface area contributed by atoms with Crippen LogP contribution in [-0.4, -0.2) is 28.4 Å². The van der Waals surface area contributed by atoms with E-state index in [4.69, 9.17) is 9.26 Å². The maximum absolute atomic E-state index is 12.4. The number of amides is 1. The Labute approximate surface area is 191 Å². The number of aromatic nitrogens is 2. The van der Waals surface area contributed by atoms with Crippen LogP contribution in [0.4, 0.5) is 0 Å². The molecule has 4 rings (SSSR count). The van der Waals surface area contributed by atoms with E-state index >= 15 is 0 Å². The third-order valence-electron chi connectivity index (χ3n) is 5.01. The SMILES string of the molecule is CCOc1ccccc1-c1noc(CSCC(=O)N[C@H](C)c2ccc3ccccc3c2)n1. The van der Waals surface area contributed by atoms with Gasteiger partial charge in [-0.05, 0) is 48.4 Å². The lowest BCUT2D eigenvalue weighted by atomic mass is 10.0. The van der Waals surface area contributed by atoms with Gasteiger partial charge in [-0.3, -0.25) is 4.79 Å². The molecule has 0 bridgehead atoms. The molecule has 1 atom stereocenters. The summed E-state index contributed by atoms with van der Waals surface area (Å²) in [5.41, 5.74) is 1.87. The number of carbonyl (C=O) groups excluding carboxylic acids is 1. The minimum atomic E-state index is -0.0715. The highest BCUT2D eigenvalue weighted by Gasteiger charge is 2.14. The van der Waals surface area contributed by atoms with Crippen LogP contribution in [0, 0.1) is 0 Å². The van der Waals surface area contributed by atoms with Crippen molar-refractivity contribution in [1.29, 1.82) is 0 Å². The summed E-state index contributed by atoms with van der Waals surface area (Å²) in [6, 6.07) is 22.0. The minimum Gasteiger partial charge on any atom is -0.493 e. The first-order valence-electron chi connectivity index (χ1n) is 10.5. The average Bonchev–Trinajstić information content (AvgIpc) is 3.28. The number of rotatable bonds is 9. The monoisotopic (exact) mass is 447 g/mol. The van der Waals surface area contributed by atoms with E-state index in [0.717, 1.165) is 16.9 Å². The van der Waals surface area contributed by atoms with Gasteiger partial charge in [-0.25, -0.2) is 0 Å². The lowest BCUT2D eigenvalue weighted by Crippen LogP contribution is -2.28. The molecule has 32 heavy (non-hydrogen) atoms. The molecule has 0 spiro atoms. The normalized spacial score (nSPS) is 11.9. The van der Waals surface area contributed by atoms with Gasteiger partial charge in [0.05, 0.1) is 29.7 Å². The smallest absolute Gasteiger partial charge is 0.236 e. The molecule has 3 aromatic carbocycles. The van der Waals surface area contributed by atoms with E-state index < -0.39 is 0 Å². The highest BCUT2D eigenvalue weighted by Crippen LogP contribution is 2.28. The molecule has 1 aromatic heterocycles. The summed E-state index contributed by atoms with van der Waals surface area (Å²) in [5, 5.41) is 9.47. The van der Waals surface area contributed by atoms with Gasteiger partial charge in [-0.15, -0.1) is 11.8 Å². The summed E-state index contributed by atoms with van der Waals surface area (Å²) in [4.78, 5) is 16.9. The molecule has 0 unspecified atom stereocenters. The fourth-order valence-electron chi connectivity index (χ4n) is 3.43. The number of ether oxygens (including phenoxy) is 1. The van der Waals surface area contributed by atoms with Crippen molar-refractivity contribution in [3.63, 3.8) is 0 Å². The number of fused-ring (bicyclic) bond motifs is 1. The fraction of sp³-hybridized carbons (Fsp3) is 0.240. The number of benzene rings is 3. The van der Waals surface area contributed by atoms with Gasteiger partial charge in [0.25, 0.3) is 0 Å².